The monoisotopic (exact) mass is 349 g/mol. The zero-order valence-electron chi connectivity index (χ0n) is 13.7. The molecule has 6 nitrogen and oxygen atoms in total. The summed E-state index contributed by atoms with van der Waals surface area (Å²) in [4.78, 5) is 9.57. The second-order valence-electron chi connectivity index (χ2n) is 6.03. The molecule has 1 unspecified atom stereocenters. The van der Waals surface area contributed by atoms with Crippen LogP contribution in [0.1, 0.15) is 19.4 Å². The number of rotatable bonds is 6. The van der Waals surface area contributed by atoms with E-state index in [9.17, 15) is 0 Å². The Bertz CT molecular complexity index is 684. The highest BCUT2D eigenvalue weighted by Gasteiger charge is 2.33. The second-order valence-corrected chi connectivity index (χ2v) is 6.46. The number of hydrogen-bond acceptors (Lipinski definition) is 5. The third-order valence-corrected chi connectivity index (χ3v) is 3.82. The average molecular weight is 350 g/mol. The van der Waals surface area contributed by atoms with Gasteiger partial charge in [-0.3, -0.25) is 0 Å². The van der Waals surface area contributed by atoms with Crippen molar-refractivity contribution in [2.45, 2.75) is 32.3 Å². The molecule has 3 rings (SSSR count). The molecule has 1 aliphatic heterocycles. The van der Waals surface area contributed by atoms with Crippen molar-refractivity contribution in [3.05, 3.63) is 53.6 Å². The summed E-state index contributed by atoms with van der Waals surface area (Å²) in [7, 11) is 0. The van der Waals surface area contributed by atoms with Gasteiger partial charge in [0, 0.05) is 23.0 Å². The normalized spacial score (nSPS) is 20.3. The minimum atomic E-state index is -0.562. The number of ether oxygens (including phenoxy) is 2. The minimum Gasteiger partial charge on any atom is -0.393 e. The fourth-order valence-corrected chi connectivity index (χ4v) is 2.54. The molecule has 1 fully saturated rings. The summed E-state index contributed by atoms with van der Waals surface area (Å²) >= 11 is 5.96. The van der Waals surface area contributed by atoms with E-state index in [1.807, 2.05) is 48.9 Å². The Morgan fingerprint density at radius 2 is 2.21 bits per heavy atom. The van der Waals surface area contributed by atoms with Crippen LogP contribution in [0, 0.1) is 0 Å². The molecule has 128 valence electrons. The molecule has 0 saturated carbocycles. The number of oxime groups is 1. The fourth-order valence-electron chi connectivity index (χ4n) is 2.41. The molecule has 24 heavy (non-hydrogen) atoms. The van der Waals surface area contributed by atoms with Gasteiger partial charge in [0.2, 0.25) is 0 Å². The van der Waals surface area contributed by atoms with Gasteiger partial charge < -0.3 is 18.9 Å². The number of benzene rings is 1. The van der Waals surface area contributed by atoms with Crippen LogP contribution < -0.4 is 0 Å². The lowest BCUT2D eigenvalue weighted by atomic mass is 10.1. The van der Waals surface area contributed by atoms with Crippen molar-refractivity contribution in [1.29, 1.82) is 0 Å². The first-order valence-corrected chi connectivity index (χ1v) is 8.12. The van der Waals surface area contributed by atoms with Gasteiger partial charge in [-0.1, -0.05) is 28.9 Å². The van der Waals surface area contributed by atoms with Crippen LogP contribution in [0.15, 0.2) is 48.1 Å². The highest BCUT2D eigenvalue weighted by Crippen LogP contribution is 2.22. The summed E-state index contributed by atoms with van der Waals surface area (Å²) in [6, 6.07) is 7.49. The predicted molar refractivity (Wildman–Crippen MR) is 91.1 cm³/mol. The molecule has 7 heteroatoms. The lowest BCUT2D eigenvalue weighted by Crippen LogP contribution is -2.23. The number of hydrogen-bond donors (Lipinski definition) is 0. The summed E-state index contributed by atoms with van der Waals surface area (Å²) in [6.45, 7) is 5.16. The van der Waals surface area contributed by atoms with Gasteiger partial charge in [0.25, 0.3) is 0 Å². The summed E-state index contributed by atoms with van der Waals surface area (Å²) in [5.41, 5.74) is 1.72. The maximum Gasteiger partial charge on any atom is 0.163 e. The topological polar surface area (TPSA) is 57.9 Å². The van der Waals surface area contributed by atoms with Gasteiger partial charge in [-0.2, -0.15) is 0 Å². The molecule has 2 aromatic rings. The minimum absolute atomic E-state index is 0.122. The number of nitrogens with zero attached hydrogens (tertiary/aromatic N) is 3. The van der Waals surface area contributed by atoms with Crippen LogP contribution in [-0.2, 0) is 20.9 Å². The van der Waals surface area contributed by atoms with E-state index in [1.165, 1.54) is 0 Å². The van der Waals surface area contributed by atoms with Crippen molar-refractivity contribution >= 4 is 17.3 Å². The van der Waals surface area contributed by atoms with Gasteiger partial charge in [-0.05, 0) is 26.0 Å². The third kappa shape index (κ3) is 4.56. The molecule has 1 aromatic carbocycles. The van der Waals surface area contributed by atoms with Crippen LogP contribution in [0.3, 0.4) is 0 Å². The lowest BCUT2D eigenvalue weighted by Gasteiger charge is -2.16. The highest BCUT2D eigenvalue weighted by atomic mass is 35.5. The van der Waals surface area contributed by atoms with Crippen LogP contribution in [0.2, 0.25) is 5.02 Å². The van der Waals surface area contributed by atoms with E-state index in [1.54, 1.807) is 12.5 Å². The molecular weight excluding hydrogens is 330 g/mol. The fraction of sp³-hybridized carbons (Fsp3) is 0.412. The largest absolute Gasteiger partial charge is 0.393 e. The average Bonchev–Trinajstić information content (AvgIpc) is 3.17. The van der Waals surface area contributed by atoms with Gasteiger partial charge in [-0.25, -0.2) is 4.98 Å². The zero-order valence-corrected chi connectivity index (χ0v) is 14.4. The molecule has 0 radical (unpaired) electrons. The SMILES string of the molecule is CC1(C)OCC(CO/N=C(\Cn2ccnc2)c2ccc(Cl)cc2)O1. The molecule has 0 amide bonds. The smallest absolute Gasteiger partial charge is 0.163 e. The Hall–Kier alpha value is -1.89. The molecule has 0 spiro atoms. The molecule has 1 atom stereocenters. The second kappa shape index (κ2) is 7.34. The first-order chi connectivity index (χ1) is 11.5. The standard InChI is InChI=1S/C17H20ClN3O3/c1-17(2)22-10-15(24-17)11-23-20-16(9-21-8-7-19-12-21)13-3-5-14(18)6-4-13/h3-8,12,15H,9-11H2,1-2H3/b20-16+. The van der Waals surface area contributed by atoms with Crippen molar-refractivity contribution in [1.82, 2.24) is 9.55 Å². The van der Waals surface area contributed by atoms with Crippen molar-refractivity contribution < 1.29 is 14.3 Å². The first kappa shape index (κ1) is 17.0. The molecule has 2 heterocycles. The molecule has 1 aliphatic rings. The van der Waals surface area contributed by atoms with E-state index in [0.29, 0.717) is 24.8 Å². The summed E-state index contributed by atoms with van der Waals surface area (Å²) < 4.78 is 13.2. The maximum atomic E-state index is 5.96. The predicted octanol–water partition coefficient (Wildman–Crippen LogP) is 3.11. The molecule has 1 aromatic heterocycles. The molecule has 0 aliphatic carbocycles. The quantitative estimate of drug-likeness (QED) is 0.594. The Kier molecular flexibility index (Phi) is 5.18. The number of aromatic nitrogens is 2. The van der Waals surface area contributed by atoms with E-state index >= 15 is 0 Å². The van der Waals surface area contributed by atoms with E-state index in [2.05, 4.69) is 10.1 Å². The Morgan fingerprint density at radius 3 is 2.83 bits per heavy atom. The number of halogens is 1. The van der Waals surface area contributed by atoms with Crippen LogP contribution in [-0.4, -0.2) is 40.4 Å². The molecular formula is C17H20ClN3O3. The van der Waals surface area contributed by atoms with Gasteiger partial charge in [-0.15, -0.1) is 0 Å². The third-order valence-electron chi connectivity index (χ3n) is 3.57. The summed E-state index contributed by atoms with van der Waals surface area (Å²) in [5, 5.41) is 4.98. The van der Waals surface area contributed by atoms with E-state index in [-0.39, 0.29) is 6.10 Å². The maximum absolute atomic E-state index is 5.96. The summed E-state index contributed by atoms with van der Waals surface area (Å²) in [5.74, 6) is -0.562. The molecule has 0 N–H and O–H groups in total. The Balaban J connectivity index is 1.68. The highest BCUT2D eigenvalue weighted by molar-refractivity contribution is 6.30. The lowest BCUT2D eigenvalue weighted by molar-refractivity contribution is -0.145. The van der Waals surface area contributed by atoms with Crippen molar-refractivity contribution in [3.63, 3.8) is 0 Å². The first-order valence-electron chi connectivity index (χ1n) is 7.74. The summed E-state index contributed by atoms with van der Waals surface area (Å²) in [6.07, 6.45) is 5.22. The van der Waals surface area contributed by atoms with E-state index < -0.39 is 5.79 Å². The van der Waals surface area contributed by atoms with Gasteiger partial charge in [0.05, 0.1) is 19.5 Å². The molecule has 1 saturated heterocycles. The van der Waals surface area contributed by atoms with Gasteiger partial charge in [0.1, 0.15) is 18.4 Å². The van der Waals surface area contributed by atoms with E-state index in [0.717, 1.165) is 11.3 Å². The Morgan fingerprint density at radius 1 is 1.42 bits per heavy atom. The van der Waals surface area contributed by atoms with Gasteiger partial charge in [0.15, 0.2) is 5.79 Å². The van der Waals surface area contributed by atoms with Crippen molar-refractivity contribution in [2.24, 2.45) is 5.16 Å². The van der Waals surface area contributed by atoms with Gasteiger partial charge >= 0.3 is 0 Å². The molecule has 0 bridgehead atoms. The van der Waals surface area contributed by atoms with E-state index in [4.69, 9.17) is 25.9 Å². The number of imidazole rings is 1. The van der Waals surface area contributed by atoms with Crippen molar-refractivity contribution in [2.75, 3.05) is 13.2 Å². The van der Waals surface area contributed by atoms with Crippen LogP contribution >= 0.6 is 11.6 Å². The van der Waals surface area contributed by atoms with Crippen LogP contribution in [0.5, 0.6) is 0 Å². The zero-order chi connectivity index (χ0) is 17.0. The Labute approximate surface area is 146 Å². The van der Waals surface area contributed by atoms with Crippen molar-refractivity contribution in [3.8, 4) is 0 Å². The van der Waals surface area contributed by atoms with Crippen LogP contribution in [0.25, 0.3) is 0 Å². The van der Waals surface area contributed by atoms with Crippen LogP contribution in [0.4, 0.5) is 0 Å².